The molecule has 1 aromatic carbocycles. The van der Waals surface area contributed by atoms with Crippen LogP contribution in [0.1, 0.15) is 39.2 Å². The van der Waals surface area contributed by atoms with E-state index in [-0.39, 0.29) is 12.3 Å². The molecule has 0 radical (unpaired) electrons. The summed E-state index contributed by atoms with van der Waals surface area (Å²) in [5, 5.41) is 13.4. The van der Waals surface area contributed by atoms with Gasteiger partial charge in [0.15, 0.2) is 17.3 Å². The van der Waals surface area contributed by atoms with E-state index in [1.165, 1.54) is 16.9 Å². The average molecular weight is 356 g/mol. The lowest BCUT2D eigenvalue weighted by molar-refractivity contribution is 0.101. The number of Topliss-reactive ketones (excluding diaryl/α,β-unsaturated/α-hetero) is 1. The molecule has 3 rings (SSSR count). The molecule has 0 saturated carbocycles. The van der Waals surface area contributed by atoms with Gasteiger partial charge in [0.25, 0.3) is 0 Å². The van der Waals surface area contributed by atoms with Crippen LogP contribution in [0.2, 0.25) is 0 Å². The van der Waals surface area contributed by atoms with Gasteiger partial charge in [-0.25, -0.2) is 0 Å². The van der Waals surface area contributed by atoms with Crippen LogP contribution in [-0.4, -0.2) is 26.5 Å². The maximum atomic E-state index is 12.5. The van der Waals surface area contributed by atoms with Crippen molar-refractivity contribution in [2.45, 2.75) is 25.7 Å². The van der Waals surface area contributed by atoms with Crippen molar-refractivity contribution in [3.63, 3.8) is 0 Å². The molecule has 2 aromatic rings. The smallest absolute Gasteiger partial charge is 0.182 e. The van der Waals surface area contributed by atoms with Gasteiger partial charge in [0.2, 0.25) is 0 Å². The number of ether oxygens (including phenoxy) is 2. The van der Waals surface area contributed by atoms with Crippen molar-refractivity contribution < 1.29 is 14.3 Å². The molecule has 0 spiro atoms. The molecule has 6 heteroatoms. The minimum absolute atomic E-state index is 0.0591. The van der Waals surface area contributed by atoms with Crippen LogP contribution >= 0.6 is 11.3 Å². The first-order chi connectivity index (χ1) is 12.2. The topological polar surface area (TPSA) is 71.3 Å². The normalized spacial score (nSPS) is 12.8. The molecule has 0 amide bonds. The fraction of sp³-hybridized carbons (Fsp3) is 0.368. The highest BCUT2D eigenvalue weighted by Crippen LogP contribution is 2.37. The molecule has 0 saturated heterocycles. The molecule has 1 heterocycles. The quantitative estimate of drug-likeness (QED) is 0.797. The summed E-state index contributed by atoms with van der Waals surface area (Å²) in [7, 11) is 3.10. The number of nitrogens with zero attached hydrogens (tertiary/aromatic N) is 1. The second-order valence-electron chi connectivity index (χ2n) is 5.87. The van der Waals surface area contributed by atoms with Crippen molar-refractivity contribution >= 4 is 22.1 Å². The van der Waals surface area contributed by atoms with Gasteiger partial charge in [-0.1, -0.05) is 0 Å². The predicted molar refractivity (Wildman–Crippen MR) is 98.0 cm³/mol. The number of hydrogen-bond acceptors (Lipinski definition) is 6. The van der Waals surface area contributed by atoms with Crippen LogP contribution in [0.15, 0.2) is 18.2 Å². The standard InChI is InChI=1S/C19H20N2O3S/c1-23-16-8-7-12(9-17(16)24-2)15(22)11-21-19-14(10-20)13-5-3-4-6-18(13)25-19/h7-9,21H,3-6,11H2,1-2H3. The zero-order chi connectivity index (χ0) is 17.8. The summed E-state index contributed by atoms with van der Waals surface area (Å²) >= 11 is 1.61. The van der Waals surface area contributed by atoms with E-state index in [2.05, 4.69) is 11.4 Å². The van der Waals surface area contributed by atoms with Crippen LogP contribution in [0.4, 0.5) is 5.00 Å². The van der Waals surface area contributed by atoms with Crippen molar-refractivity contribution in [3.8, 4) is 17.6 Å². The first-order valence-corrected chi connectivity index (χ1v) is 9.03. The summed E-state index contributed by atoms with van der Waals surface area (Å²) in [5.74, 6) is 1.05. The Morgan fingerprint density at radius 2 is 2.00 bits per heavy atom. The van der Waals surface area contributed by atoms with E-state index >= 15 is 0 Å². The lowest BCUT2D eigenvalue weighted by Crippen LogP contribution is -2.14. The number of benzene rings is 1. The number of rotatable bonds is 6. The number of carbonyl (C=O) groups is 1. The van der Waals surface area contributed by atoms with Crippen LogP contribution in [0, 0.1) is 11.3 Å². The molecule has 1 aliphatic carbocycles. The van der Waals surface area contributed by atoms with Gasteiger partial charge in [-0.2, -0.15) is 5.26 Å². The largest absolute Gasteiger partial charge is 0.493 e. The van der Waals surface area contributed by atoms with E-state index in [9.17, 15) is 10.1 Å². The maximum Gasteiger partial charge on any atom is 0.182 e. The van der Waals surface area contributed by atoms with Crippen LogP contribution in [0.3, 0.4) is 0 Å². The Morgan fingerprint density at radius 3 is 2.72 bits per heavy atom. The van der Waals surface area contributed by atoms with Gasteiger partial charge in [-0.05, 0) is 49.4 Å². The Kier molecular flexibility index (Phi) is 5.25. The van der Waals surface area contributed by atoms with Crippen LogP contribution < -0.4 is 14.8 Å². The Hall–Kier alpha value is -2.52. The van der Waals surface area contributed by atoms with Crippen LogP contribution in [0.5, 0.6) is 11.5 Å². The van der Waals surface area contributed by atoms with Gasteiger partial charge in [-0.3, -0.25) is 4.79 Å². The van der Waals surface area contributed by atoms with E-state index < -0.39 is 0 Å². The van der Waals surface area contributed by atoms with E-state index in [0.29, 0.717) is 22.6 Å². The molecule has 0 bridgehead atoms. The molecule has 5 nitrogen and oxygen atoms in total. The highest BCUT2D eigenvalue weighted by Gasteiger charge is 2.21. The number of anilines is 1. The second-order valence-corrected chi connectivity index (χ2v) is 6.98. The third-order valence-electron chi connectivity index (χ3n) is 4.40. The fourth-order valence-electron chi connectivity index (χ4n) is 3.08. The number of carbonyl (C=O) groups excluding carboxylic acids is 1. The van der Waals surface area contributed by atoms with Crippen molar-refractivity contribution in [1.82, 2.24) is 0 Å². The average Bonchev–Trinajstić information content (AvgIpc) is 3.02. The van der Waals surface area contributed by atoms with Crippen molar-refractivity contribution in [2.24, 2.45) is 0 Å². The first-order valence-electron chi connectivity index (χ1n) is 8.21. The van der Waals surface area contributed by atoms with Gasteiger partial charge in [0.05, 0.1) is 26.3 Å². The molecule has 0 atom stereocenters. The third kappa shape index (κ3) is 3.47. The van der Waals surface area contributed by atoms with Gasteiger partial charge >= 0.3 is 0 Å². The highest BCUT2D eigenvalue weighted by molar-refractivity contribution is 7.16. The first kappa shape index (κ1) is 17.3. The van der Waals surface area contributed by atoms with E-state index in [1.54, 1.807) is 43.8 Å². The Bertz CT molecular complexity index is 836. The molecule has 1 N–H and O–H groups in total. The molecule has 0 aliphatic heterocycles. The fourth-order valence-corrected chi connectivity index (χ4v) is 4.32. The van der Waals surface area contributed by atoms with Crippen LogP contribution in [-0.2, 0) is 12.8 Å². The summed E-state index contributed by atoms with van der Waals surface area (Å²) in [4.78, 5) is 13.8. The molecule has 25 heavy (non-hydrogen) atoms. The van der Waals surface area contributed by atoms with Gasteiger partial charge < -0.3 is 14.8 Å². The molecule has 1 aromatic heterocycles. The molecule has 130 valence electrons. The van der Waals surface area contributed by atoms with Crippen molar-refractivity contribution in [1.29, 1.82) is 5.26 Å². The number of nitriles is 1. The number of fused-ring (bicyclic) bond motifs is 1. The summed E-state index contributed by atoms with van der Waals surface area (Å²) in [6, 6.07) is 7.41. The summed E-state index contributed by atoms with van der Waals surface area (Å²) in [6.07, 6.45) is 4.28. The summed E-state index contributed by atoms with van der Waals surface area (Å²) < 4.78 is 10.4. The number of methoxy groups -OCH3 is 2. The number of aryl methyl sites for hydroxylation is 1. The number of nitrogens with one attached hydrogen (secondary N) is 1. The van der Waals surface area contributed by atoms with Gasteiger partial charge in [0.1, 0.15) is 11.1 Å². The Morgan fingerprint density at radius 1 is 1.24 bits per heavy atom. The third-order valence-corrected chi connectivity index (χ3v) is 5.65. The van der Waals surface area contributed by atoms with Crippen molar-refractivity contribution in [3.05, 3.63) is 39.8 Å². The monoisotopic (exact) mass is 356 g/mol. The molecule has 1 aliphatic rings. The zero-order valence-corrected chi connectivity index (χ0v) is 15.2. The predicted octanol–water partition coefficient (Wildman–Crippen LogP) is 3.81. The minimum atomic E-state index is -0.0591. The number of ketones is 1. The lowest BCUT2D eigenvalue weighted by Gasteiger charge is -2.10. The number of hydrogen-bond donors (Lipinski definition) is 1. The molecule has 0 fully saturated rings. The maximum absolute atomic E-state index is 12.5. The van der Waals surface area contributed by atoms with Gasteiger partial charge in [0, 0.05) is 10.4 Å². The molecular weight excluding hydrogens is 336 g/mol. The SMILES string of the molecule is COc1ccc(C(=O)CNc2sc3c(c2C#N)CCCC3)cc1OC. The zero-order valence-electron chi connectivity index (χ0n) is 14.3. The Labute approximate surface area is 151 Å². The molecule has 0 unspecified atom stereocenters. The van der Waals surface area contributed by atoms with E-state index in [1.807, 2.05) is 0 Å². The summed E-state index contributed by atoms with van der Waals surface area (Å²) in [5.41, 5.74) is 2.42. The number of thiophene rings is 1. The molecular formula is C19H20N2O3S. The second kappa shape index (κ2) is 7.58. The summed E-state index contributed by atoms with van der Waals surface area (Å²) in [6.45, 7) is 0.142. The van der Waals surface area contributed by atoms with E-state index in [4.69, 9.17) is 9.47 Å². The highest BCUT2D eigenvalue weighted by atomic mass is 32.1. The minimum Gasteiger partial charge on any atom is -0.493 e. The van der Waals surface area contributed by atoms with E-state index in [0.717, 1.165) is 24.3 Å². The Balaban J connectivity index is 1.75. The van der Waals surface area contributed by atoms with Gasteiger partial charge in [-0.15, -0.1) is 11.3 Å². The lowest BCUT2D eigenvalue weighted by atomic mass is 9.96. The van der Waals surface area contributed by atoms with Crippen LogP contribution in [0.25, 0.3) is 0 Å². The van der Waals surface area contributed by atoms with Crippen molar-refractivity contribution in [2.75, 3.05) is 26.1 Å².